The van der Waals surface area contributed by atoms with Crippen LogP contribution in [-0.2, 0) is 9.53 Å². The van der Waals surface area contributed by atoms with Crippen LogP contribution in [0, 0.1) is 0 Å². The van der Waals surface area contributed by atoms with E-state index in [1.165, 1.54) is 12.1 Å². The Kier molecular flexibility index (Phi) is 4.94. The highest BCUT2D eigenvalue weighted by atomic mass is 16.5. The lowest BCUT2D eigenvalue weighted by Crippen LogP contribution is -2.42. The van der Waals surface area contributed by atoms with Crippen molar-refractivity contribution in [1.29, 1.82) is 0 Å². The summed E-state index contributed by atoms with van der Waals surface area (Å²) in [6.07, 6.45) is 0.179. The van der Waals surface area contributed by atoms with Crippen LogP contribution in [0.3, 0.4) is 0 Å². The van der Waals surface area contributed by atoms with Crippen molar-refractivity contribution >= 4 is 17.8 Å². The van der Waals surface area contributed by atoms with E-state index in [2.05, 4.69) is 5.32 Å². The van der Waals surface area contributed by atoms with Crippen LogP contribution in [0.4, 0.5) is 0 Å². The van der Waals surface area contributed by atoms with Crippen molar-refractivity contribution in [2.45, 2.75) is 6.42 Å². The first-order chi connectivity index (χ1) is 10.1. The molecule has 2 N–H and O–H groups in total. The maximum absolute atomic E-state index is 11.8. The zero-order valence-corrected chi connectivity index (χ0v) is 11.3. The third-order valence-electron chi connectivity index (χ3n) is 3.03. The number of morpholine rings is 1. The Morgan fingerprint density at radius 1 is 1.19 bits per heavy atom. The van der Waals surface area contributed by atoms with Gasteiger partial charge < -0.3 is 24.5 Å². The molecule has 1 fully saturated rings. The van der Waals surface area contributed by atoms with E-state index in [-0.39, 0.29) is 30.4 Å². The van der Waals surface area contributed by atoms with E-state index in [9.17, 15) is 14.4 Å². The predicted octanol–water partition coefficient (Wildman–Crippen LogP) is -0.0435. The number of aromatic carboxylic acids is 1. The van der Waals surface area contributed by atoms with Crippen molar-refractivity contribution in [3.05, 3.63) is 23.7 Å². The molecule has 0 spiro atoms. The van der Waals surface area contributed by atoms with Gasteiger partial charge in [-0.3, -0.25) is 9.59 Å². The average molecular weight is 296 g/mol. The number of carboxylic acids is 1. The van der Waals surface area contributed by atoms with Gasteiger partial charge in [0.05, 0.1) is 13.2 Å². The van der Waals surface area contributed by atoms with Crippen molar-refractivity contribution in [3.63, 3.8) is 0 Å². The summed E-state index contributed by atoms with van der Waals surface area (Å²) in [6, 6.07) is 2.48. The molecule has 0 atom stereocenters. The molecule has 2 rings (SSSR count). The monoisotopic (exact) mass is 296 g/mol. The fourth-order valence-electron chi connectivity index (χ4n) is 1.92. The fraction of sp³-hybridized carbons (Fsp3) is 0.462. The first-order valence-electron chi connectivity index (χ1n) is 6.55. The van der Waals surface area contributed by atoms with Crippen LogP contribution in [-0.4, -0.2) is 60.6 Å². The van der Waals surface area contributed by atoms with Gasteiger partial charge in [-0.05, 0) is 12.1 Å². The Balaban J connectivity index is 1.75. The van der Waals surface area contributed by atoms with E-state index in [0.29, 0.717) is 26.3 Å². The molecule has 0 radical (unpaired) electrons. The highest BCUT2D eigenvalue weighted by molar-refractivity contribution is 5.93. The predicted molar refractivity (Wildman–Crippen MR) is 70.0 cm³/mol. The standard InChI is InChI=1S/C13H16N2O6/c16-11(15-5-7-20-8-6-15)3-4-14-12(17)9-1-2-10(21-9)13(18)19/h1-2H,3-8H2,(H,14,17)(H,18,19). The second-order valence-electron chi connectivity index (χ2n) is 4.47. The molecule has 2 heterocycles. The van der Waals surface area contributed by atoms with Crippen LogP contribution in [0.1, 0.15) is 27.5 Å². The van der Waals surface area contributed by atoms with Gasteiger partial charge >= 0.3 is 5.97 Å². The van der Waals surface area contributed by atoms with Crippen LogP contribution in [0.15, 0.2) is 16.5 Å². The highest BCUT2D eigenvalue weighted by Crippen LogP contribution is 2.07. The summed E-state index contributed by atoms with van der Waals surface area (Å²) in [7, 11) is 0. The minimum Gasteiger partial charge on any atom is -0.475 e. The highest BCUT2D eigenvalue weighted by Gasteiger charge is 2.18. The zero-order valence-electron chi connectivity index (χ0n) is 11.3. The molecule has 1 aromatic heterocycles. The first-order valence-corrected chi connectivity index (χ1v) is 6.55. The van der Waals surface area contributed by atoms with E-state index in [0.717, 1.165) is 0 Å². The number of carboxylic acid groups (broad SMARTS) is 1. The molecule has 21 heavy (non-hydrogen) atoms. The van der Waals surface area contributed by atoms with Gasteiger partial charge in [0.15, 0.2) is 5.76 Å². The van der Waals surface area contributed by atoms with Gasteiger partial charge in [-0.1, -0.05) is 0 Å². The lowest BCUT2D eigenvalue weighted by atomic mass is 10.3. The largest absolute Gasteiger partial charge is 0.475 e. The van der Waals surface area contributed by atoms with Gasteiger partial charge in [-0.2, -0.15) is 0 Å². The van der Waals surface area contributed by atoms with Crippen molar-refractivity contribution < 1.29 is 28.6 Å². The van der Waals surface area contributed by atoms with Gasteiger partial charge in [-0.25, -0.2) is 4.79 Å². The molecule has 0 aliphatic carbocycles. The molecule has 114 valence electrons. The van der Waals surface area contributed by atoms with Crippen molar-refractivity contribution in [1.82, 2.24) is 10.2 Å². The van der Waals surface area contributed by atoms with E-state index in [1.54, 1.807) is 4.90 Å². The number of hydrogen-bond acceptors (Lipinski definition) is 5. The minimum atomic E-state index is -1.24. The first kappa shape index (κ1) is 15.0. The van der Waals surface area contributed by atoms with Crippen LogP contribution < -0.4 is 5.32 Å². The van der Waals surface area contributed by atoms with E-state index < -0.39 is 11.9 Å². The Morgan fingerprint density at radius 3 is 2.48 bits per heavy atom. The summed E-state index contributed by atoms with van der Waals surface area (Å²) < 4.78 is 10.0. The maximum atomic E-state index is 11.8. The smallest absolute Gasteiger partial charge is 0.371 e. The third-order valence-corrected chi connectivity index (χ3v) is 3.03. The van der Waals surface area contributed by atoms with Gasteiger partial charge in [0.1, 0.15) is 0 Å². The number of amides is 2. The van der Waals surface area contributed by atoms with Crippen molar-refractivity contribution in [2.75, 3.05) is 32.8 Å². The topological polar surface area (TPSA) is 109 Å². The molecule has 1 aromatic rings. The number of nitrogens with zero attached hydrogens (tertiary/aromatic N) is 1. The summed E-state index contributed by atoms with van der Waals surface area (Å²) >= 11 is 0. The molecular formula is C13H16N2O6. The van der Waals surface area contributed by atoms with Crippen molar-refractivity contribution in [3.8, 4) is 0 Å². The molecule has 2 amide bonds. The molecule has 0 saturated carbocycles. The van der Waals surface area contributed by atoms with E-state index in [1.807, 2.05) is 0 Å². The lowest BCUT2D eigenvalue weighted by molar-refractivity contribution is -0.135. The number of hydrogen-bond donors (Lipinski definition) is 2. The number of rotatable bonds is 5. The zero-order chi connectivity index (χ0) is 15.2. The molecule has 0 bridgehead atoms. The Hall–Kier alpha value is -2.35. The number of furan rings is 1. The van der Waals surface area contributed by atoms with Gasteiger partial charge in [-0.15, -0.1) is 0 Å². The summed E-state index contributed by atoms with van der Waals surface area (Å²) in [5.41, 5.74) is 0. The molecule has 1 aliphatic rings. The summed E-state index contributed by atoms with van der Waals surface area (Å²) in [4.78, 5) is 35.8. The minimum absolute atomic E-state index is 0.0516. The molecule has 1 saturated heterocycles. The van der Waals surface area contributed by atoms with Gasteiger partial charge in [0.25, 0.3) is 5.91 Å². The van der Waals surface area contributed by atoms with Crippen molar-refractivity contribution in [2.24, 2.45) is 0 Å². The maximum Gasteiger partial charge on any atom is 0.371 e. The summed E-state index contributed by atoms with van der Waals surface area (Å²) in [6.45, 7) is 2.35. The second-order valence-corrected chi connectivity index (χ2v) is 4.47. The molecule has 8 heteroatoms. The van der Waals surface area contributed by atoms with Crippen LogP contribution in [0.2, 0.25) is 0 Å². The number of carbonyl (C=O) groups is 3. The molecule has 0 aromatic carbocycles. The Morgan fingerprint density at radius 2 is 1.86 bits per heavy atom. The van der Waals surface area contributed by atoms with Gasteiger partial charge in [0.2, 0.25) is 11.7 Å². The van der Waals surface area contributed by atoms with E-state index in [4.69, 9.17) is 14.3 Å². The molecule has 1 aliphatic heterocycles. The quantitative estimate of drug-likeness (QED) is 0.789. The molecular weight excluding hydrogens is 280 g/mol. The second kappa shape index (κ2) is 6.89. The number of nitrogens with one attached hydrogen (secondary N) is 1. The third kappa shape index (κ3) is 4.06. The molecule has 0 unspecified atom stereocenters. The summed E-state index contributed by atoms with van der Waals surface area (Å²) in [5.74, 6) is -2.23. The normalized spacial score (nSPS) is 14.8. The van der Waals surface area contributed by atoms with Gasteiger partial charge in [0, 0.05) is 26.1 Å². The van der Waals surface area contributed by atoms with Crippen LogP contribution in [0.5, 0.6) is 0 Å². The SMILES string of the molecule is O=C(O)c1ccc(C(=O)NCCC(=O)N2CCOCC2)o1. The lowest BCUT2D eigenvalue weighted by Gasteiger charge is -2.26. The Bertz CT molecular complexity index is 533. The number of ether oxygens (including phenoxy) is 1. The summed E-state index contributed by atoms with van der Waals surface area (Å²) in [5, 5.41) is 11.2. The Labute approximate surface area is 120 Å². The van der Waals surface area contributed by atoms with E-state index >= 15 is 0 Å². The van der Waals surface area contributed by atoms with Crippen LogP contribution >= 0.6 is 0 Å². The number of carbonyl (C=O) groups excluding carboxylic acids is 2. The van der Waals surface area contributed by atoms with Crippen LogP contribution in [0.25, 0.3) is 0 Å². The average Bonchev–Trinajstić information content (AvgIpc) is 2.98. The fourth-order valence-corrected chi connectivity index (χ4v) is 1.92. The molecule has 8 nitrogen and oxygen atoms in total.